The molecule has 0 aromatic heterocycles. The standard InChI is InChI=1S/C38H51N5O11S/c1-37(2,3)54-35(47)39-28-11-8-6-4-5-7-10-25-19-38(25,34(46)41-55(49,50)27-12-13-27)40-32(44)29-18-26(22-43(29)33(28)45)53-36(48)42-20-23-16-30-31(17-24(23)21-42)52-15-9-14-51-30/h7,10,16-17,25-29H,4-6,8-9,11-15,18-22H2,1-3H3,(H,39,47)(H,40,44)(H,41,46)/b10-7-/t25-,26-,28+,29?,38-/m1/s1. The fourth-order valence-corrected chi connectivity index (χ4v) is 9.06. The average molecular weight is 786 g/mol. The second-order valence-corrected chi connectivity index (χ2v) is 18.4. The Morgan fingerprint density at radius 3 is 2.31 bits per heavy atom. The van der Waals surface area contributed by atoms with Crippen LogP contribution in [0.4, 0.5) is 9.59 Å². The number of benzene rings is 1. The van der Waals surface area contributed by atoms with Crippen molar-refractivity contribution in [3.8, 4) is 11.5 Å². The maximum absolute atomic E-state index is 14.4. The molecule has 300 valence electrons. The molecule has 0 spiro atoms. The molecule has 2 saturated carbocycles. The Hall–Kier alpha value is -4.54. The van der Waals surface area contributed by atoms with Gasteiger partial charge in [-0.1, -0.05) is 25.0 Å². The van der Waals surface area contributed by atoms with Crippen LogP contribution in [0.15, 0.2) is 24.3 Å². The average Bonchev–Trinajstić information content (AvgIpc) is 4.01. The Balaban J connectivity index is 1.12. The number of hydrogen-bond acceptors (Lipinski definition) is 11. The Kier molecular flexibility index (Phi) is 10.7. The van der Waals surface area contributed by atoms with Gasteiger partial charge in [-0.2, -0.15) is 0 Å². The van der Waals surface area contributed by atoms with Gasteiger partial charge in [0.1, 0.15) is 29.3 Å². The van der Waals surface area contributed by atoms with E-state index in [4.69, 9.17) is 18.9 Å². The molecule has 17 heteroatoms. The fourth-order valence-electron chi connectivity index (χ4n) is 7.70. The Morgan fingerprint density at radius 2 is 1.65 bits per heavy atom. The van der Waals surface area contributed by atoms with E-state index in [1.807, 2.05) is 24.3 Å². The Morgan fingerprint density at radius 1 is 0.964 bits per heavy atom. The van der Waals surface area contributed by atoms with Gasteiger partial charge in [0.05, 0.1) is 25.0 Å². The van der Waals surface area contributed by atoms with Crippen LogP contribution in [0, 0.1) is 5.92 Å². The number of rotatable bonds is 5. The third kappa shape index (κ3) is 8.81. The number of sulfonamides is 1. The smallest absolute Gasteiger partial charge is 0.410 e. The number of allylic oxidation sites excluding steroid dienone is 1. The lowest BCUT2D eigenvalue weighted by Gasteiger charge is -2.30. The van der Waals surface area contributed by atoms with E-state index in [0.29, 0.717) is 50.4 Å². The van der Waals surface area contributed by atoms with Crippen LogP contribution in [-0.4, -0.2) is 102 Å². The first-order valence-electron chi connectivity index (χ1n) is 19.3. The number of carbonyl (C=O) groups excluding carboxylic acids is 5. The third-order valence-electron chi connectivity index (χ3n) is 10.9. The van der Waals surface area contributed by atoms with Gasteiger partial charge in [-0.25, -0.2) is 18.0 Å². The second-order valence-electron chi connectivity index (χ2n) is 16.4. The van der Waals surface area contributed by atoms with Gasteiger partial charge in [-0.15, -0.1) is 0 Å². The molecule has 2 aliphatic carbocycles. The molecule has 1 saturated heterocycles. The van der Waals surface area contributed by atoms with E-state index in [-0.39, 0.29) is 38.9 Å². The number of alkyl carbamates (subject to hydrolysis) is 1. The minimum atomic E-state index is -3.91. The number of ether oxygens (including phenoxy) is 4. The van der Waals surface area contributed by atoms with Crippen molar-refractivity contribution >= 4 is 39.9 Å². The van der Waals surface area contributed by atoms with E-state index in [1.165, 1.54) is 9.80 Å². The normalized spacial score (nSPS) is 28.9. The predicted molar refractivity (Wildman–Crippen MR) is 196 cm³/mol. The molecule has 1 aromatic rings. The Bertz CT molecular complexity index is 1820. The second kappa shape index (κ2) is 15.2. The topological polar surface area (TPSA) is 199 Å². The zero-order valence-electron chi connectivity index (χ0n) is 31.6. The molecule has 0 radical (unpaired) electrons. The van der Waals surface area contributed by atoms with Gasteiger partial charge in [0, 0.05) is 31.8 Å². The van der Waals surface area contributed by atoms with Crippen LogP contribution in [0.3, 0.4) is 0 Å². The number of carbonyl (C=O) groups is 5. The maximum Gasteiger partial charge on any atom is 0.410 e. The highest BCUT2D eigenvalue weighted by Gasteiger charge is 2.62. The zero-order chi connectivity index (χ0) is 39.1. The van der Waals surface area contributed by atoms with Crippen LogP contribution in [0.2, 0.25) is 0 Å². The minimum Gasteiger partial charge on any atom is -0.490 e. The van der Waals surface area contributed by atoms with E-state index >= 15 is 0 Å². The summed E-state index contributed by atoms with van der Waals surface area (Å²) in [4.78, 5) is 71.8. The van der Waals surface area contributed by atoms with Crippen molar-refractivity contribution in [3.63, 3.8) is 0 Å². The summed E-state index contributed by atoms with van der Waals surface area (Å²) in [6.45, 7) is 6.57. The summed E-state index contributed by atoms with van der Waals surface area (Å²) in [7, 11) is -3.91. The molecule has 4 aliphatic heterocycles. The van der Waals surface area contributed by atoms with Gasteiger partial charge in [0.15, 0.2) is 11.5 Å². The minimum absolute atomic E-state index is 0.0855. The molecule has 3 fully saturated rings. The summed E-state index contributed by atoms with van der Waals surface area (Å²) in [5.41, 5.74) is -0.580. The van der Waals surface area contributed by atoms with Gasteiger partial charge in [0.25, 0.3) is 5.91 Å². The molecule has 3 N–H and O–H groups in total. The molecule has 7 rings (SSSR count). The number of nitrogens with zero attached hydrogens (tertiary/aromatic N) is 2. The van der Waals surface area contributed by atoms with E-state index < -0.39 is 80.4 Å². The first-order valence-corrected chi connectivity index (χ1v) is 20.9. The van der Waals surface area contributed by atoms with Crippen LogP contribution in [0.5, 0.6) is 11.5 Å². The molecular formula is C38H51N5O11S. The number of fused-ring (bicyclic) bond motifs is 4. The molecule has 1 unspecified atom stereocenters. The van der Waals surface area contributed by atoms with E-state index in [1.54, 1.807) is 20.8 Å². The molecule has 5 atom stereocenters. The van der Waals surface area contributed by atoms with Gasteiger partial charge in [-0.3, -0.25) is 24.0 Å². The van der Waals surface area contributed by atoms with E-state index in [0.717, 1.165) is 30.4 Å². The molecule has 5 amide bonds. The number of nitrogens with one attached hydrogen (secondary N) is 3. The molecule has 6 aliphatic rings. The molecule has 1 aromatic carbocycles. The van der Waals surface area contributed by atoms with Crippen molar-refractivity contribution in [3.05, 3.63) is 35.4 Å². The van der Waals surface area contributed by atoms with Crippen molar-refractivity contribution in [2.45, 2.75) is 133 Å². The van der Waals surface area contributed by atoms with Crippen molar-refractivity contribution in [2.24, 2.45) is 5.92 Å². The maximum atomic E-state index is 14.4. The van der Waals surface area contributed by atoms with Gasteiger partial charge in [-0.05, 0) is 82.6 Å². The SMILES string of the molecule is CC(C)(C)OC(=O)N[C@H]1CCCCC/C=C\[C@@H]2C[C@@]2(C(=O)NS(=O)(=O)C2CC2)NC(=O)C2C[C@@H](OC(=O)N3Cc4cc5c(cc4C3)OCCCO5)CN2C1=O. The van der Waals surface area contributed by atoms with Crippen molar-refractivity contribution in [1.82, 2.24) is 25.2 Å². The number of amides is 5. The highest BCUT2D eigenvalue weighted by atomic mass is 32.2. The lowest BCUT2D eigenvalue weighted by Crippen LogP contribution is -2.58. The predicted octanol–water partition coefficient (Wildman–Crippen LogP) is 3.17. The Labute approximate surface area is 321 Å². The summed E-state index contributed by atoms with van der Waals surface area (Å²) >= 11 is 0. The van der Waals surface area contributed by atoms with Crippen molar-refractivity contribution in [2.75, 3.05) is 19.8 Å². The van der Waals surface area contributed by atoms with Crippen LogP contribution in [0.25, 0.3) is 0 Å². The van der Waals surface area contributed by atoms with Crippen LogP contribution in [0.1, 0.15) is 96.1 Å². The van der Waals surface area contributed by atoms with Crippen LogP contribution >= 0.6 is 0 Å². The van der Waals surface area contributed by atoms with Gasteiger partial charge < -0.3 is 34.5 Å². The van der Waals surface area contributed by atoms with Crippen LogP contribution < -0.4 is 24.8 Å². The molecule has 55 heavy (non-hydrogen) atoms. The van der Waals surface area contributed by atoms with Crippen LogP contribution in [-0.2, 0) is 47.0 Å². The van der Waals surface area contributed by atoms with E-state index in [2.05, 4.69) is 15.4 Å². The lowest BCUT2D eigenvalue weighted by molar-refractivity contribution is -0.141. The molecule has 0 bridgehead atoms. The van der Waals surface area contributed by atoms with E-state index in [9.17, 15) is 32.4 Å². The lowest BCUT2D eigenvalue weighted by atomic mass is 10.0. The third-order valence-corrected chi connectivity index (χ3v) is 12.7. The first-order chi connectivity index (χ1) is 26.1. The largest absolute Gasteiger partial charge is 0.490 e. The zero-order valence-corrected chi connectivity index (χ0v) is 32.4. The summed E-state index contributed by atoms with van der Waals surface area (Å²) in [5, 5.41) is 4.88. The summed E-state index contributed by atoms with van der Waals surface area (Å²) < 4.78 is 50.9. The highest BCUT2D eigenvalue weighted by molar-refractivity contribution is 7.91. The summed E-state index contributed by atoms with van der Waals surface area (Å²) in [6, 6.07) is 1.49. The fraction of sp³-hybridized carbons (Fsp3) is 0.658. The molecule has 16 nitrogen and oxygen atoms in total. The van der Waals surface area contributed by atoms with Crippen molar-refractivity contribution < 1.29 is 51.3 Å². The number of hydrogen-bond donors (Lipinski definition) is 3. The quantitative estimate of drug-likeness (QED) is 0.371. The molecule has 4 heterocycles. The van der Waals surface area contributed by atoms with Gasteiger partial charge in [0.2, 0.25) is 21.8 Å². The first kappa shape index (κ1) is 38.7. The van der Waals surface area contributed by atoms with Gasteiger partial charge >= 0.3 is 12.2 Å². The van der Waals surface area contributed by atoms with Crippen molar-refractivity contribution in [1.29, 1.82) is 0 Å². The molecular weight excluding hydrogens is 735 g/mol. The highest BCUT2D eigenvalue weighted by Crippen LogP contribution is 2.46. The summed E-state index contributed by atoms with van der Waals surface area (Å²) in [6.07, 6.45) is 6.25. The monoisotopic (exact) mass is 785 g/mol. The summed E-state index contributed by atoms with van der Waals surface area (Å²) in [5.74, 6) is -1.29.